The summed E-state index contributed by atoms with van der Waals surface area (Å²) in [5.41, 5.74) is 5.65. The molecular formula is C19H17BrN2O2. The molecule has 0 spiro atoms. The highest BCUT2D eigenvalue weighted by atomic mass is 79.9. The summed E-state index contributed by atoms with van der Waals surface area (Å²) in [5.74, 6) is 0.780. The summed E-state index contributed by atoms with van der Waals surface area (Å²) in [4.78, 5) is 12.2. The van der Waals surface area contributed by atoms with Crippen LogP contribution in [0.2, 0.25) is 0 Å². The number of ether oxygens (including phenoxy) is 1. The Kier molecular flexibility index (Phi) is 3.81. The first-order chi connectivity index (χ1) is 11.7. The molecule has 0 fully saturated rings. The zero-order chi connectivity index (χ0) is 16.7. The lowest BCUT2D eigenvalue weighted by Crippen LogP contribution is -2.44. The van der Waals surface area contributed by atoms with E-state index in [4.69, 9.17) is 4.74 Å². The first-order valence-electron chi connectivity index (χ1n) is 7.89. The van der Waals surface area contributed by atoms with Crippen molar-refractivity contribution in [2.75, 3.05) is 7.11 Å². The number of rotatable bonds is 2. The number of aryl methyl sites for hydroxylation is 1. The van der Waals surface area contributed by atoms with E-state index in [1.54, 1.807) is 7.11 Å². The topological polar surface area (TPSA) is 50.4 Å². The summed E-state index contributed by atoms with van der Waals surface area (Å²) >= 11 is 3.53. The number of carbonyl (C=O) groups is 1. The average molecular weight is 385 g/mol. The van der Waals surface area contributed by atoms with Crippen LogP contribution in [0.3, 0.4) is 0 Å². The Morgan fingerprint density at radius 3 is 2.79 bits per heavy atom. The van der Waals surface area contributed by atoms with Crippen LogP contribution in [0.15, 0.2) is 52.5 Å². The molecule has 0 saturated heterocycles. The van der Waals surface area contributed by atoms with Gasteiger partial charge in [0.15, 0.2) is 0 Å². The maximum Gasteiger partial charge on any atom is 0.319 e. The minimum absolute atomic E-state index is 0.121. The van der Waals surface area contributed by atoms with E-state index in [-0.39, 0.29) is 12.1 Å². The molecule has 2 aromatic rings. The number of amides is 2. The van der Waals surface area contributed by atoms with Crippen LogP contribution in [-0.2, 0) is 6.42 Å². The maximum atomic E-state index is 12.2. The second-order valence-corrected chi connectivity index (χ2v) is 6.84. The van der Waals surface area contributed by atoms with Crippen LogP contribution in [0.4, 0.5) is 4.79 Å². The number of hydrogen-bond acceptors (Lipinski definition) is 2. The first kappa shape index (κ1) is 15.3. The smallest absolute Gasteiger partial charge is 0.319 e. The highest BCUT2D eigenvalue weighted by Gasteiger charge is 2.32. The number of benzene rings is 2. The molecule has 2 N–H and O–H groups in total. The third-order valence-electron chi connectivity index (χ3n) is 4.64. The molecule has 1 atom stereocenters. The molecule has 1 heterocycles. The van der Waals surface area contributed by atoms with Crippen molar-refractivity contribution >= 4 is 27.7 Å². The van der Waals surface area contributed by atoms with Crippen LogP contribution in [0.5, 0.6) is 5.75 Å². The minimum atomic E-state index is -0.164. The Balaban J connectivity index is 1.82. The van der Waals surface area contributed by atoms with E-state index in [0.29, 0.717) is 0 Å². The lowest BCUT2D eigenvalue weighted by atomic mass is 9.83. The van der Waals surface area contributed by atoms with Gasteiger partial charge in [-0.25, -0.2) is 4.79 Å². The molecule has 1 unspecified atom stereocenters. The van der Waals surface area contributed by atoms with Gasteiger partial charge < -0.3 is 15.4 Å². The van der Waals surface area contributed by atoms with Crippen LogP contribution in [0, 0.1) is 0 Å². The Morgan fingerprint density at radius 2 is 2.00 bits per heavy atom. The standard InChI is InChI=1S/C19H17BrN2O2/c1-24-16-9-7-12(10-15(16)20)17-14-8-6-11-4-2-3-5-13(11)18(14)22-19(23)21-17/h2-5,7,9-10,17H,6,8H2,1H3,(H2,21,22,23). The van der Waals surface area contributed by atoms with Crippen molar-refractivity contribution in [2.45, 2.75) is 18.9 Å². The third-order valence-corrected chi connectivity index (χ3v) is 5.26. The van der Waals surface area contributed by atoms with Crippen molar-refractivity contribution in [2.24, 2.45) is 0 Å². The fourth-order valence-electron chi connectivity index (χ4n) is 3.50. The molecule has 0 radical (unpaired) electrons. The zero-order valence-electron chi connectivity index (χ0n) is 13.2. The largest absolute Gasteiger partial charge is 0.496 e. The van der Waals surface area contributed by atoms with Crippen molar-refractivity contribution < 1.29 is 9.53 Å². The summed E-state index contributed by atoms with van der Waals surface area (Å²) in [6.45, 7) is 0. The van der Waals surface area contributed by atoms with Gasteiger partial charge in [0.05, 0.1) is 23.3 Å². The van der Waals surface area contributed by atoms with Gasteiger partial charge >= 0.3 is 6.03 Å². The predicted octanol–water partition coefficient (Wildman–Crippen LogP) is 4.17. The summed E-state index contributed by atoms with van der Waals surface area (Å²) in [5, 5.41) is 6.06. The van der Waals surface area contributed by atoms with Gasteiger partial charge in [-0.15, -0.1) is 0 Å². The van der Waals surface area contributed by atoms with E-state index in [2.05, 4.69) is 38.7 Å². The number of nitrogens with one attached hydrogen (secondary N) is 2. The van der Waals surface area contributed by atoms with Crippen LogP contribution < -0.4 is 15.4 Å². The molecule has 2 aliphatic rings. The van der Waals surface area contributed by atoms with E-state index in [1.165, 1.54) is 11.1 Å². The fourth-order valence-corrected chi connectivity index (χ4v) is 4.06. The molecule has 24 heavy (non-hydrogen) atoms. The van der Waals surface area contributed by atoms with Crippen LogP contribution in [-0.4, -0.2) is 13.1 Å². The molecule has 1 aliphatic heterocycles. The molecule has 0 aromatic heterocycles. The van der Waals surface area contributed by atoms with Gasteiger partial charge in [-0.1, -0.05) is 30.3 Å². The molecule has 4 nitrogen and oxygen atoms in total. The van der Waals surface area contributed by atoms with Crippen molar-refractivity contribution in [3.05, 3.63) is 69.2 Å². The fraction of sp³-hybridized carbons (Fsp3) is 0.211. The molecule has 2 aromatic carbocycles. The Hall–Kier alpha value is -2.27. The van der Waals surface area contributed by atoms with Gasteiger partial charge in [0.1, 0.15) is 5.75 Å². The van der Waals surface area contributed by atoms with Gasteiger partial charge in [0.25, 0.3) is 0 Å². The van der Waals surface area contributed by atoms with E-state index in [1.807, 2.05) is 30.3 Å². The van der Waals surface area contributed by atoms with Gasteiger partial charge in [-0.2, -0.15) is 0 Å². The quantitative estimate of drug-likeness (QED) is 0.816. The number of hydrogen-bond donors (Lipinski definition) is 2. The van der Waals surface area contributed by atoms with E-state index in [9.17, 15) is 4.79 Å². The highest BCUT2D eigenvalue weighted by Crippen LogP contribution is 2.40. The Bertz CT molecular complexity index is 860. The molecule has 0 saturated carbocycles. The summed E-state index contributed by atoms with van der Waals surface area (Å²) in [6.07, 6.45) is 1.91. The van der Waals surface area contributed by atoms with Crippen LogP contribution in [0.25, 0.3) is 5.70 Å². The number of methoxy groups -OCH3 is 1. The van der Waals surface area contributed by atoms with Gasteiger partial charge in [0.2, 0.25) is 0 Å². The summed E-state index contributed by atoms with van der Waals surface area (Å²) in [7, 11) is 1.64. The average Bonchev–Trinajstić information content (AvgIpc) is 2.61. The molecule has 0 bridgehead atoms. The van der Waals surface area contributed by atoms with E-state index < -0.39 is 0 Å². The van der Waals surface area contributed by atoms with Crippen molar-refractivity contribution in [1.29, 1.82) is 0 Å². The van der Waals surface area contributed by atoms with Crippen molar-refractivity contribution in [3.63, 3.8) is 0 Å². The molecule has 1 aliphatic carbocycles. The second-order valence-electron chi connectivity index (χ2n) is 5.98. The van der Waals surface area contributed by atoms with E-state index >= 15 is 0 Å². The Labute approximate surface area is 149 Å². The van der Waals surface area contributed by atoms with Gasteiger partial charge in [0, 0.05) is 5.56 Å². The minimum Gasteiger partial charge on any atom is -0.496 e. The molecule has 2 amide bonds. The number of carbonyl (C=O) groups excluding carboxylic acids is 1. The molecule has 5 heteroatoms. The molecule has 122 valence electrons. The first-order valence-corrected chi connectivity index (χ1v) is 8.69. The van der Waals surface area contributed by atoms with E-state index in [0.717, 1.165) is 39.9 Å². The van der Waals surface area contributed by atoms with Crippen LogP contribution in [0.1, 0.15) is 29.2 Å². The number of urea groups is 1. The van der Waals surface area contributed by atoms with Crippen molar-refractivity contribution in [1.82, 2.24) is 10.6 Å². The highest BCUT2D eigenvalue weighted by molar-refractivity contribution is 9.10. The maximum absolute atomic E-state index is 12.2. The number of fused-ring (bicyclic) bond motifs is 2. The summed E-state index contributed by atoms with van der Waals surface area (Å²) in [6, 6.07) is 13.9. The lowest BCUT2D eigenvalue weighted by Gasteiger charge is -2.34. The molecule has 4 rings (SSSR count). The molecular weight excluding hydrogens is 368 g/mol. The number of halogens is 1. The predicted molar refractivity (Wildman–Crippen MR) is 96.8 cm³/mol. The SMILES string of the molecule is COc1ccc(C2NC(=O)NC3=C2CCc2ccccc23)cc1Br. The second kappa shape index (κ2) is 5.98. The summed E-state index contributed by atoms with van der Waals surface area (Å²) < 4.78 is 6.19. The van der Waals surface area contributed by atoms with Crippen molar-refractivity contribution in [3.8, 4) is 5.75 Å². The van der Waals surface area contributed by atoms with Gasteiger partial charge in [-0.05, 0) is 57.6 Å². The lowest BCUT2D eigenvalue weighted by molar-refractivity contribution is 0.240. The zero-order valence-corrected chi connectivity index (χ0v) is 14.8. The third kappa shape index (κ3) is 2.49. The van der Waals surface area contributed by atoms with Crippen LogP contribution >= 0.6 is 15.9 Å². The Morgan fingerprint density at radius 1 is 1.17 bits per heavy atom. The monoisotopic (exact) mass is 384 g/mol. The van der Waals surface area contributed by atoms with Gasteiger partial charge in [-0.3, -0.25) is 0 Å². The normalized spacial score (nSPS) is 19.1.